The molecule has 2 aromatic rings. The number of allylic oxidation sites excluding steroid dienone is 4. The van der Waals surface area contributed by atoms with E-state index in [0.717, 1.165) is 43.3 Å². The van der Waals surface area contributed by atoms with E-state index in [-0.39, 0.29) is 17.9 Å². The number of hydrogen-bond acceptors (Lipinski definition) is 5. The van der Waals surface area contributed by atoms with Gasteiger partial charge in [0.2, 0.25) is 0 Å². The van der Waals surface area contributed by atoms with Crippen LogP contribution < -0.4 is 10.2 Å². The highest BCUT2D eigenvalue weighted by Gasteiger charge is 2.34. The molecule has 2 saturated heterocycles. The van der Waals surface area contributed by atoms with Crippen molar-refractivity contribution in [3.63, 3.8) is 0 Å². The summed E-state index contributed by atoms with van der Waals surface area (Å²) in [6.45, 7) is 11.9. The van der Waals surface area contributed by atoms with Crippen molar-refractivity contribution in [2.45, 2.75) is 38.8 Å². The molecule has 6 heteroatoms. The Morgan fingerprint density at radius 2 is 1.97 bits per heavy atom. The Balaban J connectivity index is 1.70. The van der Waals surface area contributed by atoms with Crippen molar-refractivity contribution in [3.05, 3.63) is 66.0 Å². The Labute approximate surface area is 184 Å². The van der Waals surface area contributed by atoms with E-state index in [4.69, 9.17) is 4.98 Å². The van der Waals surface area contributed by atoms with Gasteiger partial charge in [0, 0.05) is 51.3 Å². The first kappa shape index (κ1) is 21.5. The lowest BCUT2D eigenvalue weighted by atomic mass is 9.89. The van der Waals surface area contributed by atoms with Gasteiger partial charge >= 0.3 is 0 Å². The zero-order valence-electron chi connectivity index (χ0n) is 18.8. The van der Waals surface area contributed by atoms with Crippen molar-refractivity contribution in [3.8, 4) is 0 Å². The fraction of sp³-hybridized carbons (Fsp3) is 0.440. The van der Waals surface area contributed by atoms with Gasteiger partial charge < -0.3 is 15.1 Å². The standard InChI is InChI=1S/C25H33N5O/c1-5-6-9-18(2)19(3)21-16-20(31)17-22(26-21)24-25(29-14-12-28(4)13-15-29)30-11-8-7-10-23(30)27-24/h5-11,21-22,26H,1,12-17H2,2-4H3/b9-6-,19-18+. The fourth-order valence-corrected chi connectivity index (χ4v) is 4.54. The van der Waals surface area contributed by atoms with Gasteiger partial charge in [0.05, 0.1) is 6.04 Å². The van der Waals surface area contributed by atoms with Gasteiger partial charge in [0.15, 0.2) is 0 Å². The van der Waals surface area contributed by atoms with Crippen LogP contribution in [0.1, 0.15) is 38.4 Å². The van der Waals surface area contributed by atoms with Crippen LogP contribution in [0.5, 0.6) is 0 Å². The summed E-state index contributed by atoms with van der Waals surface area (Å²) in [5.41, 5.74) is 4.28. The van der Waals surface area contributed by atoms with E-state index in [1.807, 2.05) is 24.3 Å². The number of fused-ring (bicyclic) bond motifs is 1. The second-order valence-corrected chi connectivity index (χ2v) is 8.72. The Hall–Kier alpha value is -2.70. The molecule has 0 saturated carbocycles. The van der Waals surface area contributed by atoms with Crippen molar-refractivity contribution in [1.82, 2.24) is 19.6 Å². The number of rotatable bonds is 5. The van der Waals surface area contributed by atoms with Crippen LogP contribution in [0.2, 0.25) is 0 Å². The molecule has 1 N–H and O–H groups in total. The second-order valence-electron chi connectivity index (χ2n) is 8.72. The van der Waals surface area contributed by atoms with E-state index in [1.54, 1.807) is 6.08 Å². The molecule has 0 aliphatic carbocycles. The number of likely N-dealkylation sites (N-methyl/N-ethyl adjacent to an activating group) is 1. The molecule has 164 valence electrons. The Kier molecular flexibility index (Phi) is 6.39. The third-order valence-corrected chi connectivity index (χ3v) is 6.56. The largest absolute Gasteiger partial charge is 0.354 e. The van der Waals surface area contributed by atoms with Gasteiger partial charge in [-0.3, -0.25) is 9.20 Å². The number of piperidine rings is 1. The summed E-state index contributed by atoms with van der Waals surface area (Å²) in [6.07, 6.45) is 8.86. The second kappa shape index (κ2) is 9.20. The van der Waals surface area contributed by atoms with Crippen LogP contribution in [0.25, 0.3) is 5.65 Å². The molecular weight excluding hydrogens is 386 g/mol. The maximum absolute atomic E-state index is 12.8. The van der Waals surface area contributed by atoms with Gasteiger partial charge in [-0.1, -0.05) is 42.0 Å². The number of carbonyl (C=O) groups excluding carboxylic acids is 1. The van der Waals surface area contributed by atoms with Crippen LogP contribution in [0.4, 0.5) is 5.82 Å². The van der Waals surface area contributed by atoms with Gasteiger partial charge in [0.1, 0.15) is 22.9 Å². The lowest BCUT2D eigenvalue weighted by molar-refractivity contribution is -0.121. The number of pyridine rings is 1. The number of anilines is 1. The van der Waals surface area contributed by atoms with Gasteiger partial charge in [0.25, 0.3) is 0 Å². The molecule has 0 bridgehead atoms. The van der Waals surface area contributed by atoms with Crippen LogP contribution in [-0.4, -0.2) is 59.3 Å². The van der Waals surface area contributed by atoms with E-state index < -0.39 is 0 Å². The van der Waals surface area contributed by atoms with E-state index in [0.29, 0.717) is 12.8 Å². The average molecular weight is 420 g/mol. The topological polar surface area (TPSA) is 52.9 Å². The molecule has 2 fully saturated rings. The number of nitrogens with zero attached hydrogens (tertiary/aromatic N) is 4. The minimum absolute atomic E-state index is 0.0193. The molecule has 2 aliphatic heterocycles. The number of nitrogens with one attached hydrogen (secondary N) is 1. The molecule has 2 aliphatic rings. The number of hydrogen-bond donors (Lipinski definition) is 1. The Morgan fingerprint density at radius 3 is 2.71 bits per heavy atom. The molecule has 4 heterocycles. The summed E-state index contributed by atoms with van der Waals surface area (Å²) >= 11 is 0. The Morgan fingerprint density at radius 1 is 1.19 bits per heavy atom. The fourth-order valence-electron chi connectivity index (χ4n) is 4.54. The maximum atomic E-state index is 12.8. The number of Topliss-reactive ketones (excluding diaryl/α,β-unsaturated/α-hetero) is 1. The Bertz CT molecular complexity index is 1030. The predicted molar refractivity (Wildman–Crippen MR) is 127 cm³/mol. The van der Waals surface area contributed by atoms with E-state index in [2.05, 4.69) is 59.3 Å². The van der Waals surface area contributed by atoms with Crippen molar-refractivity contribution >= 4 is 17.2 Å². The monoisotopic (exact) mass is 419 g/mol. The minimum atomic E-state index is -0.0908. The first-order chi connectivity index (χ1) is 15.0. The molecule has 6 nitrogen and oxygen atoms in total. The predicted octanol–water partition coefficient (Wildman–Crippen LogP) is 3.53. The molecule has 0 spiro atoms. The number of ketones is 1. The molecule has 4 rings (SSSR count). The van der Waals surface area contributed by atoms with Crippen molar-refractivity contribution < 1.29 is 4.79 Å². The van der Waals surface area contributed by atoms with Gasteiger partial charge in [-0.25, -0.2) is 4.98 Å². The van der Waals surface area contributed by atoms with Crippen LogP contribution >= 0.6 is 0 Å². The normalized spacial score (nSPS) is 24.1. The number of carbonyl (C=O) groups is 1. The van der Waals surface area contributed by atoms with Gasteiger partial charge in [-0.2, -0.15) is 0 Å². The number of aromatic nitrogens is 2. The summed E-state index contributed by atoms with van der Waals surface area (Å²) in [7, 11) is 2.16. The quantitative estimate of drug-likeness (QED) is 0.752. The van der Waals surface area contributed by atoms with Crippen molar-refractivity contribution in [2.75, 3.05) is 38.1 Å². The zero-order valence-corrected chi connectivity index (χ0v) is 18.8. The van der Waals surface area contributed by atoms with E-state index >= 15 is 0 Å². The van der Waals surface area contributed by atoms with Gasteiger partial charge in [-0.15, -0.1) is 0 Å². The zero-order chi connectivity index (χ0) is 22.0. The van der Waals surface area contributed by atoms with Crippen molar-refractivity contribution in [2.24, 2.45) is 0 Å². The molecule has 2 aromatic heterocycles. The summed E-state index contributed by atoms with van der Waals surface area (Å²) in [5.74, 6) is 1.41. The van der Waals surface area contributed by atoms with Crippen LogP contribution in [-0.2, 0) is 4.79 Å². The summed E-state index contributed by atoms with van der Waals surface area (Å²) in [4.78, 5) is 22.6. The molecule has 0 amide bonds. The number of imidazole rings is 1. The van der Waals surface area contributed by atoms with E-state index in [1.165, 1.54) is 11.1 Å². The third-order valence-electron chi connectivity index (χ3n) is 6.56. The highest BCUT2D eigenvalue weighted by molar-refractivity contribution is 5.81. The molecule has 31 heavy (non-hydrogen) atoms. The minimum Gasteiger partial charge on any atom is -0.354 e. The number of piperazine rings is 1. The maximum Gasteiger partial charge on any atom is 0.138 e. The summed E-state index contributed by atoms with van der Waals surface area (Å²) in [6, 6.07) is 6.03. The highest BCUT2D eigenvalue weighted by atomic mass is 16.1. The van der Waals surface area contributed by atoms with Gasteiger partial charge in [-0.05, 0) is 33.0 Å². The van der Waals surface area contributed by atoms with Crippen LogP contribution in [0, 0.1) is 0 Å². The first-order valence-electron chi connectivity index (χ1n) is 11.1. The molecule has 2 atom stereocenters. The van der Waals surface area contributed by atoms with Crippen LogP contribution in [0.3, 0.4) is 0 Å². The average Bonchev–Trinajstić information content (AvgIpc) is 3.16. The molecule has 2 unspecified atom stereocenters. The first-order valence-corrected chi connectivity index (χ1v) is 11.1. The smallest absolute Gasteiger partial charge is 0.138 e. The lowest BCUT2D eigenvalue weighted by Crippen LogP contribution is -2.46. The third kappa shape index (κ3) is 4.50. The lowest BCUT2D eigenvalue weighted by Gasteiger charge is -2.36. The summed E-state index contributed by atoms with van der Waals surface area (Å²) < 4.78 is 2.18. The molecule has 0 radical (unpaired) electrons. The van der Waals surface area contributed by atoms with Crippen molar-refractivity contribution in [1.29, 1.82) is 0 Å². The molecule has 0 aromatic carbocycles. The highest BCUT2D eigenvalue weighted by Crippen LogP contribution is 2.34. The van der Waals surface area contributed by atoms with Crippen LogP contribution in [0.15, 0.2) is 60.3 Å². The SMILES string of the molecule is C=C/C=C\C(C)=C(/C)C1CC(=O)CC(c2nc3ccccn3c2N2CCN(C)CC2)N1. The molecular formula is C25H33N5O. The summed E-state index contributed by atoms with van der Waals surface area (Å²) in [5, 5.41) is 3.76. The van der Waals surface area contributed by atoms with E-state index in [9.17, 15) is 4.79 Å².